The smallest absolute Gasteiger partial charge is 0.450 e. The van der Waals surface area contributed by atoms with Crippen LogP contribution in [0.1, 0.15) is 12.5 Å². The monoisotopic (exact) mass is 407 g/mol. The number of rotatable bonds is 5. The summed E-state index contributed by atoms with van der Waals surface area (Å²) in [6, 6.07) is 4.92. The molecule has 0 fully saturated rings. The predicted molar refractivity (Wildman–Crippen MR) is 78.3 cm³/mol. The Morgan fingerprint density at radius 3 is 2.08 bits per heavy atom. The molecule has 6 nitrogen and oxygen atoms in total. The van der Waals surface area contributed by atoms with Gasteiger partial charge >= 0.3 is 24.2 Å². The second kappa shape index (κ2) is 7.89. The molecule has 1 aromatic carbocycles. The van der Waals surface area contributed by atoms with Crippen LogP contribution in [-0.2, 0) is 9.57 Å². The molecule has 0 radical (unpaired) electrons. The molecule has 0 saturated heterocycles. The van der Waals surface area contributed by atoms with Crippen molar-refractivity contribution in [3.05, 3.63) is 34.9 Å². The fraction of sp³-hybridized carbons (Fsp3) is 0.385. The molecule has 0 bridgehead atoms. The molecule has 0 spiro atoms. The second-order valence-corrected chi connectivity index (χ2v) is 5.03. The molecule has 146 valence electrons. The lowest BCUT2D eigenvalue weighted by Gasteiger charge is -2.34. The minimum Gasteiger partial charge on any atom is -0.450 e. The highest BCUT2D eigenvalue weighted by Gasteiger charge is 2.76. The Hall–Kier alpha value is -2.37. The van der Waals surface area contributed by atoms with Gasteiger partial charge in [0, 0.05) is 10.6 Å². The van der Waals surface area contributed by atoms with E-state index in [1.807, 2.05) is 0 Å². The Balaban J connectivity index is 3.29. The second-order valence-electron chi connectivity index (χ2n) is 4.60. The minimum absolute atomic E-state index is 0.0659. The van der Waals surface area contributed by atoms with E-state index < -0.39 is 36.6 Å². The molecule has 13 heteroatoms. The third kappa shape index (κ3) is 4.84. The first kappa shape index (κ1) is 21.7. The fourth-order valence-corrected chi connectivity index (χ4v) is 1.66. The number of carbonyl (C=O) groups excluding carboxylic acids is 1. The summed E-state index contributed by atoms with van der Waals surface area (Å²) in [5.74, 6) is -0.815. The Morgan fingerprint density at radius 2 is 1.65 bits per heavy atom. The first-order valence-corrected chi connectivity index (χ1v) is 7.08. The van der Waals surface area contributed by atoms with Gasteiger partial charge < -0.3 is 15.3 Å². The van der Waals surface area contributed by atoms with Gasteiger partial charge in [0.1, 0.15) is 0 Å². The zero-order valence-corrected chi connectivity index (χ0v) is 13.7. The van der Waals surface area contributed by atoms with Crippen molar-refractivity contribution in [2.75, 3.05) is 6.61 Å². The van der Waals surface area contributed by atoms with Crippen molar-refractivity contribution >= 4 is 23.5 Å². The van der Waals surface area contributed by atoms with Gasteiger partial charge in [0.25, 0.3) is 0 Å². The maximum absolute atomic E-state index is 13.1. The highest BCUT2D eigenvalue weighted by molar-refractivity contribution is 6.30. The number of hydrogen-bond donors (Lipinski definition) is 2. The molecule has 0 aliphatic rings. The van der Waals surface area contributed by atoms with E-state index in [1.54, 1.807) is 0 Å². The summed E-state index contributed by atoms with van der Waals surface area (Å²) in [6.07, 6.45) is -14.3. The first-order chi connectivity index (χ1) is 11.8. The molecule has 0 aromatic heterocycles. The van der Waals surface area contributed by atoms with Crippen LogP contribution in [0.4, 0.5) is 31.1 Å². The summed E-state index contributed by atoms with van der Waals surface area (Å²) in [5.41, 5.74) is 0.102. The van der Waals surface area contributed by atoms with Gasteiger partial charge in [-0.3, -0.25) is 5.32 Å². The number of nitrogens with one attached hydrogen (secondary N) is 1. The van der Waals surface area contributed by atoms with Crippen LogP contribution in [0.3, 0.4) is 0 Å². The number of carbonyl (C=O) groups is 1. The van der Waals surface area contributed by atoms with Gasteiger partial charge in [0.05, 0.1) is 6.61 Å². The zero-order chi connectivity index (χ0) is 20.2. The molecular weight excluding hydrogens is 396 g/mol. The maximum Gasteiger partial charge on any atom is 0.461 e. The Bertz CT molecular complexity index is 647. The van der Waals surface area contributed by atoms with Crippen LogP contribution >= 0.6 is 11.6 Å². The normalized spacial score (nSPS) is 13.3. The SMILES string of the molecule is CCOC(=O)NC(O/N=C(/N)c1ccc(Cl)cc1)(C(F)(F)F)C(F)(F)F. The lowest BCUT2D eigenvalue weighted by Crippen LogP contribution is -2.68. The minimum atomic E-state index is -6.14. The quantitative estimate of drug-likeness (QED) is 0.257. The van der Waals surface area contributed by atoms with E-state index in [4.69, 9.17) is 17.3 Å². The zero-order valence-electron chi connectivity index (χ0n) is 12.9. The summed E-state index contributed by atoms with van der Waals surface area (Å²) in [5, 5.41) is 3.54. The molecule has 3 N–H and O–H groups in total. The van der Waals surface area contributed by atoms with Crippen LogP contribution in [0.5, 0.6) is 0 Å². The van der Waals surface area contributed by atoms with E-state index >= 15 is 0 Å². The number of alkyl carbamates (subject to hydrolysis) is 1. The van der Waals surface area contributed by atoms with E-state index in [2.05, 4.69) is 14.7 Å². The molecule has 0 aliphatic carbocycles. The number of benzene rings is 1. The highest BCUT2D eigenvalue weighted by Crippen LogP contribution is 2.44. The molecule has 0 unspecified atom stereocenters. The van der Waals surface area contributed by atoms with Crippen molar-refractivity contribution in [3.63, 3.8) is 0 Å². The van der Waals surface area contributed by atoms with E-state index in [9.17, 15) is 31.1 Å². The molecule has 1 aromatic rings. The summed E-state index contributed by atoms with van der Waals surface area (Å²) >= 11 is 5.60. The topological polar surface area (TPSA) is 85.9 Å². The average molecular weight is 408 g/mol. The number of nitrogens with two attached hydrogens (primary N) is 1. The number of halogens is 7. The van der Waals surface area contributed by atoms with Gasteiger partial charge in [-0.1, -0.05) is 16.8 Å². The van der Waals surface area contributed by atoms with Crippen LogP contribution < -0.4 is 11.1 Å². The lowest BCUT2D eigenvalue weighted by atomic mass is 10.2. The van der Waals surface area contributed by atoms with Gasteiger partial charge in [0.15, 0.2) is 5.84 Å². The van der Waals surface area contributed by atoms with Crippen molar-refractivity contribution < 1.29 is 40.7 Å². The molecule has 0 atom stereocenters. The highest BCUT2D eigenvalue weighted by atomic mass is 35.5. The van der Waals surface area contributed by atoms with Crippen LogP contribution in [0.15, 0.2) is 29.4 Å². The number of alkyl halides is 6. The number of hydrogen-bond acceptors (Lipinski definition) is 4. The number of oxime groups is 1. The van der Waals surface area contributed by atoms with Crippen molar-refractivity contribution in [3.8, 4) is 0 Å². The van der Waals surface area contributed by atoms with Gasteiger partial charge in [-0.15, -0.1) is 0 Å². The van der Waals surface area contributed by atoms with E-state index in [-0.39, 0.29) is 10.6 Å². The van der Waals surface area contributed by atoms with Crippen molar-refractivity contribution in [1.82, 2.24) is 5.32 Å². The van der Waals surface area contributed by atoms with Crippen molar-refractivity contribution in [1.29, 1.82) is 0 Å². The van der Waals surface area contributed by atoms with Crippen molar-refractivity contribution in [2.24, 2.45) is 10.9 Å². The summed E-state index contributed by atoms with van der Waals surface area (Å²) in [4.78, 5) is 14.9. The van der Waals surface area contributed by atoms with Crippen LogP contribution in [0.25, 0.3) is 0 Å². The molecule has 1 amide bonds. The first-order valence-electron chi connectivity index (χ1n) is 6.70. The average Bonchev–Trinajstić information content (AvgIpc) is 2.49. The lowest BCUT2D eigenvalue weighted by molar-refractivity contribution is -0.389. The number of ether oxygens (including phenoxy) is 1. The third-order valence-corrected chi connectivity index (χ3v) is 3.02. The van der Waals surface area contributed by atoms with Gasteiger partial charge in [-0.2, -0.15) is 26.3 Å². The van der Waals surface area contributed by atoms with Crippen LogP contribution in [0.2, 0.25) is 5.02 Å². The van der Waals surface area contributed by atoms with Crippen LogP contribution in [-0.4, -0.2) is 36.6 Å². The third-order valence-electron chi connectivity index (χ3n) is 2.77. The number of nitrogens with zero attached hydrogens (tertiary/aromatic N) is 1. The Labute approximate surface area is 147 Å². The molecule has 1 rings (SSSR count). The molecule has 0 aliphatic heterocycles. The fourth-order valence-electron chi connectivity index (χ4n) is 1.53. The Morgan fingerprint density at radius 1 is 1.15 bits per heavy atom. The molecule has 0 saturated carbocycles. The van der Waals surface area contributed by atoms with Crippen LogP contribution in [0, 0.1) is 0 Å². The Kier molecular flexibility index (Phi) is 6.58. The van der Waals surface area contributed by atoms with Gasteiger partial charge in [-0.25, -0.2) is 4.79 Å². The van der Waals surface area contributed by atoms with Gasteiger partial charge in [0.2, 0.25) is 0 Å². The van der Waals surface area contributed by atoms with E-state index in [1.165, 1.54) is 31.2 Å². The summed E-state index contributed by atoms with van der Waals surface area (Å²) in [6.45, 7) is 0.702. The number of amides is 1. The summed E-state index contributed by atoms with van der Waals surface area (Å²) in [7, 11) is 0. The predicted octanol–water partition coefficient (Wildman–Crippen LogP) is 3.54. The largest absolute Gasteiger partial charge is 0.461 e. The molecule has 26 heavy (non-hydrogen) atoms. The van der Waals surface area contributed by atoms with E-state index in [0.29, 0.717) is 5.32 Å². The van der Waals surface area contributed by atoms with E-state index in [0.717, 1.165) is 0 Å². The maximum atomic E-state index is 13.1. The standard InChI is InChI=1S/C13H12ClF6N3O3/c1-2-25-10(24)22-11(12(15,16)17,13(18,19)20)26-23-9(21)7-3-5-8(14)6-4-7/h3-6H,2H2,1H3,(H2,21,23)(H,22,24). The number of amidine groups is 1. The summed E-state index contributed by atoms with van der Waals surface area (Å²) < 4.78 is 82.9. The van der Waals surface area contributed by atoms with Gasteiger partial charge in [-0.05, 0) is 31.2 Å². The van der Waals surface area contributed by atoms with Crippen molar-refractivity contribution in [2.45, 2.75) is 25.0 Å². The molecule has 0 heterocycles. The molecular formula is C13H12ClF6N3O3.